The van der Waals surface area contributed by atoms with Crippen LogP contribution in [0.5, 0.6) is 0 Å². The maximum atomic E-state index is 12.2. The number of hydrogen-bond acceptors (Lipinski definition) is 2. The molecule has 0 radical (unpaired) electrons. The molecule has 0 saturated heterocycles. The molecule has 0 amide bonds. The minimum absolute atomic E-state index is 0.00536. The molecule has 0 aliphatic rings. The summed E-state index contributed by atoms with van der Waals surface area (Å²) in [7, 11) is 0. The molecule has 20 heavy (non-hydrogen) atoms. The van der Waals surface area contributed by atoms with E-state index < -0.39 is 0 Å². The van der Waals surface area contributed by atoms with Gasteiger partial charge in [0, 0.05) is 17.5 Å². The second kappa shape index (κ2) is 5.46. The van der Waals surface area contributed by atoms with Gasteiger partial charge < -0.3 is 4.42 Å². The van der Waals surface area contributed by atoms with Crippen molar-refractivity contribution in [2.24, 2.45) is 0 Å². The maximum Gasteiger partial charge on any atom is 0.196 e. The Labute approximate surface area is 116 Å². The molecule has 0 atom stereocenters. The highest BCUT2D eigenvalue weighted by Gasteiger charge is 2.04. The van der Waals surface area contributed by atoms with E-state index in [2.05, 4.69) is 11.8 Å². The fraction of sp³-hybridized carbons (Fsp3) is 0.0556. The average molecular weight is 260 g/mol. The second-order valence-corrected chi connectivity index (χ2v) is 4.43. The van der Waals surface area contributed by atoms with Crippen molar-refractivity contribution in [2.75, 3.05) is 0 Å². The third kappa shape index (κ3) is 2.48. The van der Waals surface area contributed by atoms with Gasteiger partial charge in [-0.05, 0) is 24.3 Å². The van der Waals surface area contributed by atoms with E-state index in [0.717, 1.165) is 5.56 Å². The van der Waals surface area contributed by atoms with Gasteiger partial charge in [0.2, 0.25) is 0 Å². The van der Waals surface area contributed by atoms with Crippen molar-refractivity contribution in [3.8, 4) is 11.8 Å². The topological polar surface area (TPSA) is 30.2 Å². The van der Waals surface area contributed by atoms with Crippen molar-refractivity contribution < 1.29 is 4.42 Å². The van der Waals surface area contributed by atoms with Crippen LogP contribution in [0.1, 0.15) is 11.1 Å². The van der Waals surface area contributed by atoms with Crippen molar-refractivity contribution in [2.45, 2.75) is 6.42 Å². The van der Waals surface area contributed by atoms with Gasteiger partial charge in [0.1, 0.15) is 5.58 Å². The van der Waals surface area contributed by atoms with E-state index in [1.165, 1.54) is 6.26 Å². The van der Waals surface area contributed by atoms with Crippen LogP contribution < -0.4 is 5.43 Å². The molecule has 0 bridgehead atoms. The van der Waals surface area contributed by atoms with Crippen LogP contribution in [0.4, 0.5) is 0 Å². The van der Waals surface area contributed by atoms with E-state index in [1.54, 1.807) is 12.1 Å². The first kappa shape index (κ1) is 12.3. The Morgan fingerprint density at radius 1 is 0.950 bits per heavy atom. The van der Waals surface area contributed by atoms with Gasteiger partial charge in [-0.3, -0.25) is 4.79 Å². The molecule has 96 valence electrons. The summed E-state index contributed by atoms with van der Waals surface area (Å²) in [5.41, 5.74) is 2.14. The summed E-state index contributed by atoms with van der Waals surface area (Å²) < 4.78 is 5.46. The summed E-state index contributed by atoms with van der Waals surface area (Å²) in [6.07, 6.45) is 1.90. The Kier molecular flexibility index (Phi) is 3.34. The maximum absolute atomic E-state index is 12.2. The molecule has 0 aliphatic carbocycles. The first-order valence-corrected chi connectivity index (χ1v) is 6.38. The van der Waals surface area contributed by atoms with Gasteiger partial charge in [-0.2, -0.15) is 0 Å². The van der Waals surface area contributed by atoms with E-state index in [0.29, 0.717) is 23.0 Å². The molecule has 0 N–H and O–H groups in total. The molecule has 2 heteroatoms. The van der Waals surface area contributed by atoms with Gasteiger partial charge in [-0.15, -0.1) is 0 Å². The number of benzene rings is 2. The normalized spacial score (nSPS) is 10.0. The Balaban J connectivity index is 1.91. The lowest BCUT2D eigenvalue weighted by Gasteiger charge is -1.98. The van der Waals surface area contributed by atoms with E-state index in [4.69, 9.17) is 4.42 Å². The van der Waals surface area contributed by atoms with Crippen molar-refractivity contribution in [1.29, 1.82) is 0 Å². The SMILES string of the molecule is O=c1c(CC#Cc2ccccc2)coc2ccccc12. The predicted molar refractivity (Wildman–Crippen MR) is 79.5 cm³/mol. The average Bonchev–Trinajstić information content (AvgIpc) is 2.51. The predicted octanol–water partition coefficient (Wildman–Crippen LogP) is 3.39. The Bertz CT molecular complexity index is 849. The number of hydrogen-bond donors (Lipinski definition) is 0. The Hall–Kier alpha value is -2.79. The molecule has 3 aromatic rings. The Morgan fingerprint density at radius 2 is 1.70 bits per heavy atom. The summed E-state index contributed by atoms with van der Waals surface area (Å²) in [5, 5.41) is 0.603. The first-order valence-electron chi connectivity index (χ1n) is 6.38. The van der Waals surface area contributed by atoms with Crippen LogP contribution in [0, 0.1) is 11.8 Å². The highest BCUT2D eigenvalue weighted by atomic mass is 16.3. The zero-order valence-electron chi connectivity index (χ0n) is 10.8. The molecular weight excluding hydrogens is 248 g/mol. The van der Waals surface area contributed by atoms with Crippen LogP contribution in [-0.4, -0.2) is 0 Å². The molecule has 0 fully saturated rings. The van der Waals surface area contributed by atoms with Gasteiger partial charge in [0.15, 0.2) is 5.43 Å². The highest BCUT2D eigenvalue weighted by Crippen LogP contribution is 2.10. The quantitative estimate of drug-likeness (QED) is 0.628. The molecule has 0 unspecified atom stereocenters. The van der Waals surface area contributed by atoms with Crippen molar-refractivity contribution in [3.63, 3.8) is 0 Å². The molecule has 2 nitrogen and oxygen atoms in total. The fourth-order valence-electron chi connectivity index (χ4n) is 2.00. The second-order valence-electron chi connectivity index (χ2n) is 4.43. The lowest BCUT2D eigenvalue weighted by Crippen LogP contribution is -2.07. The molecule has 0 saturated carbocycles. The molecule has 1 heterocycles. The fourth-order valence-corrected chi connectivity index (χ4v) is 2.00. The summed E-state index contributed by atoms with van der Waals surface area (Å²) in [6, 6.07) is 16.9. The monoisotopic (exact) mass is 260 g/mol. The minimum Gasteiger partial charge on any atom is -0.464 e. The first-order chi connectivity index (χ1) is 9.84. The van der Waals surface area contributed by atoms with E-state index >= 15 is 0 Å². The van der Waals surface area contributed by atoms with Crippen LogP contribution >= 0.6 is 0 Å². The molecule has 0 spiro atoms. The molecule has 2 aromatic carbocycles. The molecule has 1 aromatic heterocycles. The minimum atomic E-state index is -0.00536. The van der Waals surface area contributed by atoms with Crippen LogP contribution in [0.15, 0.2) is 70.1 Å². The number of para-hydroxylation sites is 1. The summed E-state index contributed by atoms with van der Waals surface area (Å²) >= 11 is 0. The summed E-state index contributed by atoms with van der Waals surface area (Å²) in [4.78, 5) is 12.2. The van der Waals surface area contributed by atoms with Gasteiger partial charge in [-0.1, -0.05) is 42.2 Å². The third-order valence-electron chi connectivity index (χ3n) is 3.04. The zero-order valence-corrected chi connectivity index (χ0v) is 10.8. The standard InChI is InChI=1S/C18H12O2/c19-18-15(10-6-9-14-7-2-1-3-8-14)13-20-17-12-5-4-11-16(17)18/h1-5,7-8,11-13H,10H2. The van der Waals surface area contributed by atoms with E-state index in [-0.39, 0.29) is 5.43 Å². The van der Waals surface area contributed by atoms with Crippen LogP contribution in [-0.2, 0) is 6.42 Å². The summed E-state index contributed by atoms with van der Waals surface area (Å²) in [6.45, 7) is 0. The molecule has 0 aliphatic heterocycles. The third-order valence-corrected chi connectivity index (χ3v) is 3.04. The van der Waals surface area contributed by atoms with Gasteiger partial charge >= 0.3 is 0 Å². The number of rotatable bonds is 1. The van der Waals surface area contributed by atoms with Crippen molar-refractivity contribution in [3.05, 3.63) is 82.2 Å². The van der Waals surface area contributed by atoms with Gasteiger partial charge in [0.05, 0.1) is 11.6 Å². The van der Waals surface area contributed by atoms with E-state index in [1.807, 2.05) is 42.5 Å². The van der Waals surface area contributed by atoms with Crippen molar-refractivity contribution >= 4 is 11.0 Å². The van der Waals surface area contributed by atoms with Gasteiger partial charge in [-0.25, -0.2) is 0 Å². The molecular formula is C18H12O2. The number of fused-ring (bicyclic) bond motifs is 1. The van der Waals surface area contributed by atoms with Crippen molar-refractivity contribution in [1.82, 2.24) is 0 Å². The summed E-state index contributed by atoms with van der Waals surface area (Å²) in [5.74, 6) is 6.05. The van der Waals surface area contributed by atoms with Crippen LogP contribution in [0.25, 0.3) is 11.0 Å². The van der Waals surface area contributed by atoms with Gasteiger partial charge in [0.25, 0.3) is 0 Å². The molecule has 3 rings (SSSR count). The highest BCUT2D eigenvalue weighted by molar-refractivity contribution is 5.76. The largest absolute Gasteiger partial charge is 0.464 e. The van der Waals surface area contributed by atoms with Crippen LogP contribution in [0.2, 0.25) is 0 Å². The lowest BCUT2D eigenvalue weighted by atomic mass is 10.1. The smallest absolute Gasteiger partial charge is 0.196 e. The zero-order chi connectivity index (χ0) is 13.8. The lowest BCUT2D eigenvalue weighted by molar-refractivity contribution is 0.595. The Morgan fingerprint density at radius 3 is 2.55 bits per heavy atom. The van der Waals surface area contributed by atoms with E-state index in [9.17, 15) is 4.79 Å². The van der Waals surface area contributed by atoms with Crippen LogP contribution in [0.3, 0.4) is 0 Å².